The van der Waals surface area contributed by atoms with E-state index in [1.54, 1.807) is 11.1 Å². The van der Waals surface area contributed by atoms with Gasteiger partial charge in [-0.2, -0.15) is 0 Å². The number of carbonyl (C=O) groups excluding carboxylic acids is 1. The van der Waals surface area contributed by atoms with Crippen LogP contribution < -0.4 is 5.43 Å². The minimum Gasteiger partial charge on any atom is -0.507 e. The summed E-state index contributed by atoms with van der Waals surface area (Å²) in [7, 11) is 1.83. The Morgan fingerprint density at radius 3 is 2.55 bits per heavy atom. The number of para-hydroxylation sites is 1. The lowest BCUT2D eigenvalue weighted by Gasteiger charge is -2.20. The number of nitrogens with zero attached hydrogens (tertiary/aromatic N) is 1. The highest BCUT2D eigenvalue weighted by Gasteiger charge is 2.13. The van der Waals surface area contributed by atoms with Gasteiger partial charge >= 0.3 is 0 Å². The van der Waals surface area contributed by atoms with E-state index in [2.05, 4.69) is 18.4 Å². The van der Waals surface area contributed by atoms with Crippen LogP contribution in [0.25, 0.3) is 11.1 Å². The van der Waals surface area contributed by atoms with Crippen LogP contribution >= 0.6 is 0 Å². The van der Waals surface area contributed by atoms with Crippen molar-refractivity contribution in [2.75, 3.05) is 7.05 Å². The maximum Gasteiger partial charge on any atom is 0.221 e. The van der Waals surface area contributed by atoms with E-state index in [0.29, 0.717) is 13.0 Å². The highest BCUT2D eigenvalue weighted by atomic mass is 16.3. The minimum absolute atomic E-state index is 0.288. The summed E-state index contributed by atoms with van der Waals surface area (Å²) in [6, 6.07) is 13.5. The van der Waals surface area contributed by atoms with Crippen molar-refractivity contribution < 1.29 is 9.90 Å². The topological polar surface area (TPSA) is 52.6 Å². The lowest BCUT2D eigenvalue weighted by atomic mass is 9.92. The Bertz CT molecular complexity index is 641. The summed E-state index contributed by atoms with van der Waals surface area (Å²) in [5.74, 6) is 0.288. The summed E-state index contributed by atoms with van der Waals surface area (Å²) in [5, 5.41) is 11.9. The van der Waals surface area contributed by atoms with Crippen LogP contribution in [0.3, 0.4) is 0 Å². The second kappa shape index (κ2) is 7.61. The van der Waals surface area contributed by atoms with Crippen LogP contribution in [0.15, 0.2) is 42.5 Å². The normalized spacial score (nSPS) is 10.7. The molecule has 0 bridgehead atoms. The van der Waals surface area contributed by atoms with Crippen molar-refractivity contribution >= 4 is 6.41 Å². The summed E-state index contributed by atoms with van der Waals surface area (Å²) in [5.41, 5.74) is 6.90. The van der Waals surface area contributed by atoms with Crippen LogP contribution in [-0.4, -0.2) is 23.6 Å². The first-order valence-corrected chi connectivity index (χ1v) is 7.47. The molecular formula is C18H22N2O2. The lowest BCUT2D eigenvalue weighted by Crippen LogP contribution is -2.32. The zero-order valence-electron chi connectivity index (χ0n) is 13.0. The fourth-order valence-corrected chi connectivity index (χ4v) is 2.67. The average molecular weight is 298 g/mol. The van der Waals surface area contributed by atoms with Gasteiger partial charge in [-0.1, -0.05) is 49.7 Å². The van der Waals surface area contributed by atoms with E-state index < -0.39 is 0 Å². The SMILES string of the molecule is CCCc1c(CN(C)NC=O)cccc1-c1ccccc1O. The van der Waals surface area contributed by atoms with Crippen LogP contribution in [0, 0.1) is 0 Å². The summed E-state index contributed by atoms with van der Waals surface area (Å²) in [6.07, 6.45) is 2.61. The number of rotatable bonds is 7. The van der Waals surface area contributed by atoms with Gasteiger partial charge in [0.25, 0.3) is 0 Å². The number of phenolic OH excluding ortho intramolecular Hbond substituents is 1. The molecule has 2 aromatic rings. The van der Waals surface area contributed by atoms with Crippen LogP contribution in [0.1, 0.15) is 24.5 Å². The van der Waals surface area contributed by atoms with Crippen molar-refractivity contribution in [1.82, 2.24) is 10.4 Å². The third kappa shape index (κ3) is 3.65. The molecule has 2 rings (SSSR count). The Morgan fingerprint density at radius 1 is 1.14 bits per heavy atom. The molecule has 1 amide bonds. The summed E-state index contributed by atoms with van der Waals surface area (Å²) in [4.78, 5) is 10.6. The largest absolute Gasteiger partial charge is 0.507 e. The molecule has 2 aromatic carbocycles. The first kappa shape index (κ1) is 16.0. The van der Waals surface area contributed by atoms with Gasteiger partial charge in [0, 0.05) is 19.2 Å². The maximum absolute atomic E-state index is 10.6. The second-order valence-corrected chi connectivity index (χ2v) is 5.31. The quantitative estimate of drug-likeness (QED) is 0.610. The number of phenols is 1. The van der Waals surface area contributed by atoms with Crippen LogP contribution in [0.5, 0.6) is 5.75 Å². The Kier molecular flexibility index (Phi) is 5.55. The van der Waals surface area contributed by atoms with Crippen molar-refractivity contribution in [1.29, 1.82) is 0 Å². The van der Waals surface area contributed by atoms with Gasteiger partial charge in [0.2, 0.25) is 6.41 Å². The molecule has 4 heteroatoms. The van der Waals surface area contributed by atoms with E-state index >= 15 is 0 Å². The molecule has 2 N–H and O–H groups in total. The monoisotopic (exact) mass is 298 g/mol. The molecule has 0 aliphatic rings. The first-order valence-electron chi connectivity index (χ1n) is 7.47. The molecule has 0 radical (unpaired) electrons. The Balaban J connectivity index is 2.46. The van der Waals surface area contributed by atoms with Gasteiger partial charge in [-0.3, -0.25) is 10.2 Å². The first-order chi connectivity index (χ1) is 10.7. The standard InChI is InChI=1S/C18H22N2O2/c1-3-7-15-14(12-20(2)19-13-21)8-6-10-16(15)17-9-4-5-11-18(17)22/h4-6,8-11,13,22H,3,7,12H2,1-2H3,(H,19,21). The Morgan fingerprint density at radius 2 is 1.86 bits per heavy atom. The van der Waals surface area contributed by atoms with Gasteiger partial charge < -0.3 is 5.11 Å². The number of aromatic hydroxyl groups is 1. The number of hydrogen-bond acceptors (Lipinski definition) is 3. The molecule has 0 fully saturated rings. The van der Waals surface area contributed by atoms with Crippen molar-refractivity contribution in [2.45, 2.75) is 26.3 Å². The molecule has 0 heterocycles. The number of hydrazine groups is 1. The highest BCUT2D eigenvalue weighted by molar-refractivity contribution is 5.74. The lowest BCUT2D eigenvalue weighted by molar-refractivity contribution is -0.113. The highest BCUT2D eigenvalue weighted by Crippen LogP contribution is 2.33. The van der Waals surface area contributed by atoms with Gasteiger partial charge in [-0.05, 0) is 29.2 Å². The van der Waals surface area contributed by atoms with Crippen molar-refractivity contribution in [2.24, 2.45) is 0 Å². The maximum atomic E-state index is 10.6. The summed E-state index contributed by atoms with van der Waals surface area (Å²) >= 11 is 0. The molecule has 22 heavy (non-hydrogen) atoms. The zero-order chi connectivity index (χ0) is 15.9. The Hall–Kier alpha value is -2.33. The predicted molar refractivity (Wildman–Crippen MR) is 88.2 cm³/mol. The summed E-state index contributed by atoms with van der Waals surface area (Å²) < 4.78 is 0. The van der Waals surface area contributed by atoms with Crippen molar-refractivity contribution in [3.05, 3.63) is 53.6 Å². The van der Waals surface area contributed by atoms with E-state index in [-0.39, 0.29) is 5.75 Å². The van der Waals surface area contributed by atoms with E-state index in [1.165, 1.54) is 5.56 Å². The third-order valence-electron chi connectivity index (χ3n) is 3.65. The number of amides is 1. The minimum atomic E-state index is 0.288. The smallest absolute Gasteiger partial charge is 0.221 e. The zero-order valence-corrected chi connectivity index (χ0v) is 13.0. The Labute approximate surface area is 131 Å². The summed E-state index contributed by atoms with van der Waals surface area (Å²) in [6.45, 7) is 2.76. The number of carbonyl (C=O) groups is 1. The van der Waals surface area contributed by atoms with Gasteiger partial charge in [0.1, 0.15) is 5.75 Å². The molecule has 116 valence electrons. The number of hydrogen-bond donors (Lipinski definition) is 2. The van der Waals surface area contributed by atoms with E-state index in [0.717, 1.165) is 29.5 Å². The fraction of sp³-hybridized carbons (Fsp3) is 0.278. The van der Waals surface area contributed by atoms with E-state index in [1.807, 2.05) is 37.4 Å². The van der Waals surface area contributed by atoms with Gasteiger partial charge in [-0.25, -0.2) is 5.01 Å². The molecule has 0 aliphatic heterocycles. The van der Waals surface area contributed by atoms with Crippen molar-refractivity contribution in [3.63, 3.8) is 0 Å². The third-order valence-corrected chi connectivity index (χ3v) is 3.65. The number of nitrogens with one attached hydrogen (secondary N) is 1. The van der Waals surface area contributed by atoms with E-state index in [9.17, 15) is 9.90 Å². The molecule has 0 unspecified atom stereocenters. The molecule has 0 atom stereocenters. The molecule has 0 saturated heterocycles. The molecule has 0 aliphatic carbocycles. The second-order valence-electron chi connectivity index (χ2n) is 5.31. The average Bonchev–Trinajstić information content (AvgIpc) is 2.50. The van der Waals surface area contributed by atoms with Gasteiger partial charge in [-0.15, -0.1) is 0 Å². The number of benzene rings is 2. The van der Waals surface area contributed by atoms with Gasteiger partial charge in [0.05, 0.1) is 0 Å². The van der Waals surface area contributed by atoms with E-state index in [4.69, 9.17) is 0 Å². The predicted octanol–water partition coefficient (Wildman–Crippen LogP) is 3.10. The molecule has 4 nitrogen and oxygen atoms in total. The fourth-order valence-electron chi connectivity index (χ4n) is 2.67. The van der Waals surface area contributed by atoms with Crippen molar-refractivity contribution in [3.8, 4) is 16.9 Å². The molecule has 0 saturated carbocycles. The molecule has 0 aromatic heterocycles. The van der Waals surface area contributed by atoms with Gasteiger partial charge in [0.15, 0.2) is 0 Å². The van der Waals surface area contributed by atoms with Crippen LogP contribution in [-0.2, 0) is 17.8 Å². The van der Waals surface area contributed by atoms with Crippen LogP contribution in [0.2, 0.25) is 0 Å². The molecular weight excluding hydrogens is 276 g/mol. The molecule has 0 spiro atoms. The van der Waals surface area contributed by atoms with Crippen LogP contribution in [0.4, 0.5) is 0 Å².